The van der Waals surface area contributed by atoms with Gasteiger partial charge in [-0.1, -0.05) is 6.92 Å². The highest BCUT2D eigenvalue weighted by molar-refractivity contribution is 5.94. The number of carboxylic acid groups (broad SMARTS) is 1. The summed E-state index contributed by atoms with van der Waals surface area (Å²) < 4.78 is 1.18. The summed E-state index contributed by atoms with van der Waals surface area (Å²) in [5.41, 5.74) is 5.46. The lowest BCUT2D eigenvalue weighted by Gasteiger charge is -2.25. The van der Waals surface area contributed by atoms with Crippen LogP contribution in [0, 0.1) is 5.41 Å². The van der Waals surface area contributed by atoms with Gasteiger partial charge in [-0.3, -0.25) is 28.6 Å². The molecular formula is C21H35N7O5. The van der Waals surface area contributed by atoms with Gasteiger partial charge in [0, 0.05) is 30.7 Å². The van der Waals surface area contributed by atoms with Crippen molar-refractivity contribution in [1.29, 1.82) is 5.41 Å². The van der Waals surface area contributed by atoms with E-state index < -0.39 is 47.8 Å². The van der Waals surface area contributed by atoms with Crippen molar-refractivity contribution in [2.75, 3.05) is 25.5 Å². The third kappa shape index (κ3) is 8.39. The number of nitrogens with one attached hydrogen (secondary N) is 3. The fourth-order valence-electron chi connectivity index (χ4n) is 2.89. The van der Waals surface area contributed by atoms with Crippen LogP contribution in [0.5, 0.6) is 0 Å². The first-order valence-electron chi connectivity index (χ1n) is 10.8. The highest BCUT2D eigenvalue weighted by atomic mass is 16.4. The smallest absolute Gasteiger partial charge is 0.305 e. The molecule has 0 bridgehead atoms. The lowest BCUT2D eigenvalue weighted by atomic mass is 10.1. The molecule has 184 valence electrons. The van der Waals surface area contributed by atoms with Crippen LogP contribution < -0.4 is 21.9 Å². The lowest BCUT2D eigenvalue weighted by Crippen LogP contribution is -2.49. The van der Waals surface area contributed by atoms with Gasteiger partial charge < -0.3 is 26.9 Å². The van der Waals surface area contributed by atoms with E-state index in [1.807, 2.05) is 13.8 Å². The predicted octanol–water partition coefficient (Wildman–Crippen LogP) is -0.158. The summed E-state index contributed by atoms with van der Waals surface area (Å²) in [7, 11) is 1.73. The second kappa shape index (κ2) is 12.8. The molecule has 1 amide bonds. The number of rotatable bonds is 14. The second-order valence-corrected chi connectivity index (χ2v) is 8.22. The van der Waals surface area contributed by atoms with Crippen LogP contribution in [0.2, 0.25) is 0 Å². The van der Waals surface area contributed by atoms with Crippen LogP contribution >= 0.6 is 0 Å². The van der Waals surface area contributed by atoms with Gasteiger partial charge in [-0.25, -0.2) is 4.98 Å². The van der Waals surface area contributed by atoms with E-state index in [1.54, 1.807) is 25.8 Å². The van der Waals surface area contributed by atoms with Crippen molar-refractivity contribution in [2.24, 2.45) is 5.73 Å². The van der Waals surface area contributed by atoms with Crippen molar-refractivity contribution >= 4 is 29.2 Å². The third-order valence-electron chi connectivity index (χ3n) is 5.31. The Labute approximate surface area is 193 Å². The number of aromatic nitrogens is 2. The molecule has 1 aromatic heterocycles. The molecule has 33 heavy (non-hydrogen) atoms. The summed E-state index contributed by atoms with van der Waals surface area (Å²) in [5.74, 6) is -2.33. The van der Waals surface area contributed by atoms with Gasteiger partial charge in [0.2, 0.25) is 5.91 Å². The van der Waals surface area contributed by atoms with E-state index in [1.165, 1.54) is 17.0 Å². The summed E-state index contributed by atoms with van der Waals surface area (Å²) in [6.07, 6.45) is 2.35. The summed E-state index contributed by atoms with van der Waals surface area (Å²) in [6, 6.07) is -2.75. The van der Waals surface area contributed by atoms with E-state index in [0.29, 0.717) is 0 Å². The number of hydrogen-bond donors (Lipinski definition) is 5. The minimum Gasteiger partial charge on any atom is -0.481 e. The van der Waals surface area contributed by atoms with E-state index >= 15 is 0 Å². The van der Waals surface area contributed by atoms with Crippen LogP contribution in [-0.4, -0.2) is 81.2 Å². The average Bonchev–Trinajstić information content (AvgIpc) is 2.73. The molecule has 0 aromatic carbocycles. The topological polar surface area (TPSA) is 183 Å². The number of hydrogen-bond acceptors (Lipinski definition) is 9. The highest BCUT2D eigenvalue weighted by Crippen LogP contribution is 2.11. The number of carboxylic acids is 1. The number of carbonyl (C=O) groups excluding carboxylic acids is 2. The Bertz CT molecular complexity index is 915. The summed E-state index contributed by atoms with van der Waals surface area (Å²) in [5, 5.41) is 22.0. The molecule has 0 aliphatic heterocycles. The van der Waals surface area contributed by atoms with E-state index in [0.717, 1.165) is 0 Å². The SMILES string of the molecule is CCC(C(=O)NC(CC(=O)O)C(=O)CN(C)C(C)C)n1ccnc(NCC(N)C(C)=N)c1=O. The molecule has 0 saturated heterocycles. The molecule has 12 nitrogen and oxygen atoms in total. The molecular weight excluding hydrogens is 430 g/mol. The van der Waals surface area contributed by atoms with Gasteiger partial charge in [-0.2, -0.15) is 0 Å². The van der Waals surface area contributed by atoms with Crippen molar-refractivity contribution < 1.29 is 19.5 Å². The Morgan fingerprint density at radius 1 is 1.33 bits per heavy atom. The maximum Gasteiger partial charge on any atom is 0.305 e. The van der Waals surface area contributed by atoms with Crippen molar-refractivity contribution in [3.8, 4) is 0 Å². The fraction of sp³-hybridized carbons (Fsp3) is 0.619. The maximum atomic E-state index is 13.0. The highest BCUT2D eigenvalue weighted by Gasteiger charge is 2.29. The van der Waals surface area contributed by atoms with Crippen LogP contribution in [0.4, 0.5) is 5.82 Å². The molecule has 0 fully saturated rings. The van der Waals surface area contributed by atoms with Crippen molar-refractivity contribution in [1.82, 2.24) is 19.8 Å². The maximum absolute atomic E-state index is 13.0. The first kappa shape index (κ1) is 27.9. The third-order valence-corrected chi connectivity index (χ3v) is 5.31. The fourth-order valence-corrected chi connectivity index (χ4v) is 2.89. The van der Waals surface area contributed by atoms with E-state index in [2.05, 4.69) is 15.6 Å². The standard InChI is InChI=1S/C21H35N7O5/c1-6-16(28-8-7-24-19(21(28)33)25-10-14(23)13(4)22)20(32)26-15(9-18(30)31)17(29)11-27(5)12(2)3/h7-8,12,14-16,22H,6,9-11,23H2,1-5H3,(H,24,25)(H,26,32)(H,30,31). The van der Waals surface area contributed by atoms with E-state index in [9.17, 15) is 24.3 Å². The molecule has 0 aliphatic carbocycles. The molecule has 6 N–H and O–H groups in total. The Morgan fingerprint density at radius 3 is 2.48 bits per heavy atom. The molecule has 1 heterocycles. The minimum atomic E-state index is -1.23. The normalized spacial score (nSPS) is 13.9. The second-order valence-electron chi connectivity index (χ2n) is 8.22. The number of nitrogens with zero attached hydrogens (tertiary/aromatic N) is 3. The summed E-state index contributed by atoms with van der Waals surface area (Å²) in [4.78, 5) is 55.5. The van der Waals surface area contributed by atoms with E-state index in [-0.39, 0.29) is 37.1 Å². The molecule has 3 unspecified atom stereocenters. The zero-order valence-corrected chi connectivity index (χ0v) is 19.8. The molecule has 1 rings (SSSR count). The van der Waals surface area contributed by atoms with Crippen LogP contribution in [0.15, 0.2) is 17.2 Å². The number of likely N-dealkylation sites (N-methyl/N-ethyl adjacent to an activating group) is 1. The Hall–Kier alpha value is -3.12. The van der Waals surface area contributed by atoms with Gasteiger partial charge in [0.25, 0.3) is 5.56 Å². The van der Waals surface area contributed by atoms with Gasteiger partial charge in [0.1, 0.15) is 6.04 Å². The number of anilines is 1. The molecule has 12 heteroatoms. The minimum absolute atomic E-state index is 0.0252. The predicted molar refractivity (Wildman–Crippen MR) is 125 cm³/mol. The lowest BCUT2D eigenvalue weighted by molar-refractivity contribution is -0.140. The van der Waals surface area contributed by atoms with Gasteiger partial charge in [0.15, 0.2) is 11.6 Å². The average molecular weight is 466 g/mol. The number of carbonyl (C=O) groups is 3. The number of amides is 1. The number of aliphatic carboxylic acids is 1. The largest absolute Gasteiger partial charge is 0.481 e. The van der Waals surface area contributed by atoms with Crippen molar-refractivity contribution in [3.05, 3.63) is 22.7 Å². The molecule has 1 aromatic rings. The van der Waals surface area contributed by atoms with Crippen molar-refractivity contribution in [2.45, 2.75) is 64.7 Å². The van der Waals surface area contributed by atoms with Crippen LogP contribution in [0.3, 0.4) is 0 Å². The van der Waals surface area contributed by atoms with Gasteiger partial charge >= 0.3 is 5.97 Å². The van der Waals surface area contributed by atoms with Crippen molar-refractivity contribution in [3.63, 3.8) is 0 Å². The quantitative estimate of drug-likeness (QED) is 0.233. The monoisotopic (exact) mass is 465 g/mol. The molecule has 0 radical (unpaired) electrons. The first-order chi connectivity index (χ1) is 15.4. The Kier molecular flexibility index (Phi) is 10.8. The molecule has 0 spiro atoms. The Morgan fingerprint density at radius 2 is 1.97 bits per heavy atom. The zero-order valence-electron chi connectivity index (χ0n) is 19.8. The molecule has 0 saturated carbocycles. The number of Topliss-reactive ketones (excluding diaryl/α,β-unsaturated/α-hetero) is 1. The van der Waals surface area contributed by atoms with Crippen LogP contribution in [0.1, 0.15) is 46.6 Å². The first-order valence-corrected chi connectivity index (χ1v) is 10.8. The van der Waals surface area contributed by atoms with Gasteiger partial charge in [-0.05, 0) is 34.2 Å². The van der Waals surface area contributed by atoms with Gasteiger partial charge in [0.05, 0.1) is 25.0 Å². The van der Waals surface area contributed by atoms with Gasteiger partial charge in [-0.15, -0.1) is 0 Å². The summed E-state index contributed by atoms with van der Waals surface area (Å²) in [6.45, 7) is 7.12. The molecule has 0 aliphatic rings. The number of nitrogens with two attached hydrogens (primary N) is 1. The zero-order chi connectivity index (χ0) is 25.3. The number of ketones is 1. The Balaban J connectivity index is 3.09. The molecule has 3 atom stereocenters. The van der Waals surface area contributed by atoms with E-state index in [4.69, 9.17) is 11.1 Å². The van der Waals surface area contributed by atoms with Crippen LogP contribution in [-0.2, 0) is 14.4 Å². The summed E-state index contributed by atoms with van der Waals surface area (Å²) >= 11 is 0. The van der Waals surface area contributed by atoms with Crippen LogP contribution in [0.25, 0.3) is 0 Å².